The van der Waals surface area contributed by atoms with Crippen LogP contribution < -0.4 is 15.5 Å². The monoisotopic (exact) mass is 495 g/mol. The largest absolute Gasteiger partial charge is 0.353 e. The number of benzene rings is 2. The fourth-order valence-electron chi connectivity index (χ4n) is 3.66. The van der Waals surface area contributed by atoms with Gasteiger partial charge in [-0.3, -0.25) is 14.4 Å². The zero-order valence-corrected chi connectivity index (χ0v) is 19.7. The summed E-state index contributed by atoms with van der Waals surface area (Å²) in [6.07, 6.45) is 1.50. The second kappa shape index (κ2) is 10.5. The average Bonchev–Trinajstić information content (AvgIpc) is 2.86. The molecule has 0 bridgehead atoms. The molecule has 2 heterocycles. The van der Waals surface area contributed by atoms with Gasteiger partial charge in [0.25, 0.3) is 11.8 Å². The van der Waals surface area contributed by atoms with Gasteiger partial charge in [-0.2, -0.15) is 0 Å². The van der Waals surface area contributed by atoms with Crippen LogP contribution in [-0.2, 0) is 4.79 Å². The molecule has 0 unspecified atom stereocenters. The molecule has 2 N–H and O–H groups in total. The number of nitrogens with zero attached hydrogens (tertiary/aromatic N) is 3. The molecule has 1 aliphatic rings. The van der Waals surface area contributed by atoms with Gasteiger partial charge in [0.05, 0.1) is 16.3 Å². The smallest absolute Gasteiger partial charge is 0.257 e. The van der Waals surface area contributed by atoms with Crippen molar-refractivity contribution in [3.05, 3.63) is 82.8 Å². The van der Waals surface area contributed by atoms with Gasteiger partial charge in [-0.05, 0) is 54.6 Å². The number of carbonyl (C=O) groups excluding carboxylic acids is 3. The molecular formula is C25H23ClFN5O3. The summed E-state index contributed by atoms with van der Waals surface area (Å²) in [6.45, 7) is 4.18. The van der Waals surface area contributed by atoms with E-state index in [0.717, 1.165) is 5.82 Å². The van der Waals surface area contributed by atoms with Crippen LogP contribution in [0.4, 0.5) is 21.6 Å². The maximum atomic E-state index is 13.1. The van der Waals surface area contributed by atoms with E-state index in [4.69, 9.17) is 11.6 Å². The molecule has 1 fully saturated rings. The van der Waals surface area contributed by atoms with Crippen LogP contribution >= 0.6 is 11.6 Å². The number of hydrogen-bond acceptors (Lipinski definition) is 5. The Morgan fingerprint density at radius 3 is 2.17 bits per heavy atom. The van der Waals surface area contributed by atoms with Gasteiger partial charge in [0.2, 0.25) is 5.91 Å². The summed E-state index contributed by atoms with van der Waals surface area (Å²) in [7, 11) is 0. The van der Waals surface area contributed by atoms with E-state index in [-0.39, 0.29) is 22.4 Å². The van der Waals surface area contributed by atoms with Crippen molar-refractivity contribution in [2.45, 2.75) is 6.92 Å². The quantitative estimate of drug-likeness (QED) is 0.557. The van der Waals surface area contributed by atoms with Crippen LogP contribution in [0.25, 0.3) is 0 Å². The number of anilines is 3. The van der Waals surface area contributed by atoms with Crippen LogP contribution in [0.2, 0.25) is 5.02 Å². The number of piperazine rings is 1. The minimum atomic E-state index is -0.459. The first-order valence-corrected chi connectivity index (χ1v) is 11.3. The number of pyridine rings is 1. The van der Waals surface area contributed by atoms with Crippen LogP contribution in [0.3, 0.4) is 0 Å². The first-order valence-electron chi connectivity index (χ1n) is 10.9. The number of amides is 3. The van der Waals surface area contributed by atoms with E-state index in [1.54, 1.807) is 36.1 Å². The van der Waals surface area contributed by atoms with Crippen LogP contribution in [0.15, 0.2) is 60.8 Å². The second-order valence-electron chi connectivity index (χ2n) is 8.01. The van der Waals surface area contributed by atoms with Crippen molar-refractivity contribution in [3.8, 4) is 0 Å². The molecule has 3 aromatic rings. The zero-order chi connectivity index (χ0) is 24.9. The van der Waals surface area contributed by atoms with Gasteiger partial charge in [0.1, 0.15) is 11.6 Å². The van der Waals surface area contributed by atoms with Gasteiger partial charge in [0.15, 0.2) is 0 Å². The van der Waals surface area contributed by atoms with Crippen molar-refractivity contribution in [1.82, 2.24) is 9.88 Å². The lowest BCUT2D eigenvalue weighted by Gasteiger charge is -2.34. The molecule has 2 aromatic carbocycles. The summed E-state index contributed by atoms with van der Waals surface area (Å²) in [5.41, 5.74) is 1.36. The minimum absolute atomic E-state index is 0.0602. The summed E-state index contributed by atoms with van der Waals surface area (Å²) in [6, 6.07) is 13.3. The molecule has 0 radical (unpaired) electrons. The number of hydrogen-bond donors (Lipinski definition) is 2. The normalized spacial score (nSPS) is 13.3. The van der Waals surface area contributed by atoms with Crippen molar-refractivity contribution in [3.63, 3.8) is 0 Å². The molecule has 0 atom stereocenters. The molecule has 0 aliphatic carbocycles. The number of rotatable bonds is 5. The van der Waals surface area contributed by atoms with Gasteiger partial charge >= 0.3 is 0 Å². The third kappa shape index (κ3) is 5.93. The van der Waals surface area contributed by atoms with Gasteiger partial charge in [-0.1, -0.05) is 11.6 Å². The maximum absolute atomic E-state index is 13.1. The van der Waals surface area contributed by atoms with Gasteiger partial charge in [-0.25, -0.2) is 9.37 Å². The predicted molar refractivity (Wildman–Crippen MR) is 132 cm³/mol. The highest BCUT2D eigenvalue weighted by molar-refractivity contribution is 6.34. The topological polar surface area (TPSA) is 94.6 Å². The van der Waals surface area contributed by atoms with Crippen LogP contribution in [0.1, 0.15) is 27.6 Å². The lowest BCUT2D eigenvalue weighted by Crippen LogP contribution is -2.48. The summed E-state index contributed by atoms with van der Waals surface area (Å²) < 4.78 is 13.1. The van der Waals surface area contributed by atoms with Crippen LogP contribution in [0.5, 0.6) is 0 Å². The van der Waals surface area contributed by atoms with Crippen LogP contribution in [0, 0.1) is 5.82 Å². The fraction of sp³-hybridized carbons (Fsp3) is 0.200. The number of carbonyl (C=O) groups is 3. The van der Waals surface area contributed by atoms with E-state index >= 15 is 0 Å². The van der Waals surface area contributed by atoms with E-state index in [9.17, 15) is 18.8 Å². The van der Waals surface area contributed by atoms with Crippen LogP contribution in [-0.4, -0.2) is 53.8 Å². The Balaban J connectivity index is 1.39. The Morgan fingerprint density at radius 2 is 1.54 bits per heavy atom. The van der Waals surface area contributed by atoms with E-state index in [0.29, 0.717) is 43.1 Å². The summed E-state index contributed by atoms with van der Waals surface area (Å²) in [4.78, 5) is 44.9. The third-order valence-corrected chi connectivity index (χ3v) is 5.97. The molecule has 8 nitrogen and oxygen atoms in total. The molecule has 0 saturated carbocycles. The Kier molecular flexibility index (Phi) is 7.26. The number of halogens is 2. The second-order valence-corrected chi connectivity index (χ2v) is 8.42. The number of nitrogens with one attached hydrogen (secondary N) is 2. The summed E-state index contributed by atoms with van der Waals surface area (Å²) in [5, 5.41) is 5.72. The number of aromatic nitrogens is 1. The standard InChI is InChI=1S/C25H23ClFN5O3/c1-16(33)31-10-12-32(13-11-31)23-9-4-18(15-28-23)25(35)29-20-7-8-21(26)22(14-20)30-24(34)17-2-5-19(27)6-3-17/h2-9,14-15H,10-13H2,1H3,(H,29,35)(H,30,34). The van der Waals surface area contributed by atoms with Crippen molar-refractivity contribution in [1.29, 1.82) is 0 Å². The van der Waals surface area contributed by atoms with Crippen molar-refractivity contribution >= 4 is 46.5 Å². The molecule has 0 spiro atoms. The highest BCUT2D eigenvalue weighted by atomic mass is 35.5. The highest BCUT2D eigenvalue weighted by Gasteiger charge is 2.20. The lowest BCUT2D eigenvalue weighted by molar-refractivity contribution is -0.129. The fourth-order valence-corrected chi connectivity index (χ4v) is 3.82. The average molecular weight is 496 g/mol. The molecule has 180 valence electrons. The Labute approximate surface area is 206 Å². The van der Waals surface area contributed by atoms with E-state index in [2.05, 4.69) is 20.5 Å². The first kappa shape index (κ1) is 24.2. The molecule has 35 heavy (non-hydrogen) atoms. The SMILES string of the molecule is CC(=O)N1CCN(c2ccc(C(=O)Nc3ccc(Cl)c(NC(=O)c4ccc(F)cc4)c3)cn2)CC1. The molecule has 1 aliphatic heterocycles. The summed E-state index contributed by atoms with van der Waals surface area (Å²) in [5.74, 6) is -0.475. The molecule has 4 rings (SSSR count). The molecule has 1 aromatic heterocycles. The van der Waals surface area contributed by atoms with Crippen molar-refractivity contribution in [2.24, 2.45) is 0 Å². The Hall–Kier alpha value is -3.98. The molecular weight excluding hydrogens is 473 g/mol. The summed E-state index contributed by atoms with van der Waals surface area (Å²) >= 11 is 6.20. The van der Waals surface area contributed by atoms with E-state index in [1.165, 1.54) is 36.5 Å². The highest BCUT2D eigenvalue weighted by Crippen LogP contribution is 2.26. The minimum Gasteiger partial charge on any atom is -0.353 e. The van der Waals surface area contributed by atoms with Crippen molar-refractivity contribution < 1.29 is 18.8 Å². The molecule has 10 heteroatoms. The third-order valence-electron chi connectivity index (χ3n) is 5.64. The lowest BCUT2D eigenvalue weighted by atomic mass is 10.2. The Morgan fingerprint density at radius 1 is 0.886 bits per heavy atom. The van der Waals surface area contributed by atoms with Crippen molar-refractivity contribution in [2.75, 3.05) is 41.7 Å². The maximum Gasteiger partial charge on any atom is 0.257 e. The molecule has 3 amide bonds. The van der Waals surface area contributed by atoms with Gasteiger partial charge in [-0.15, -0.1) is 0 Å². The molecule has 1 saturated heterocycles. The van der Waals surface area contributed by atoms with E-state index < -0.39 is 11.7 Å². The van der Waals surface area contributed by atoms with Gasteiger partial charge in [0, 0.05) is 50.6 Å². The predicted octanol–water partition coefficient (Wildman–Crippen LogP) is 4.05. The Bertz CT molecular complexity index is 1240. The first-order chi connectivity index (χ1) is 16.8. The van der Waals surface area contributed by atoms with E-state index in [1.807, 2.05) is 0 Å². The van der Waals surface area contributed by atoms with Gasteiger partial charge < -0.3 is 20.4 Å². The zero-order valence-electron chi connectivity index (χ0n) is 18.9.